The van der Waals surface area contributed by atoms with Crippen molar-refractivity contribution < 1.29 is 9.18 Å². The molecule has 1 aromatic carbocycles. The van der Waals surface area contributed by atoms with Gasteiger partial charge in [0, 0.05) is 23.4 Å². The Bertz CT molecular complexity index is 664. The molecule has 21 heavy (non-hydrogen) atoms. The van der Waals surface area contributed by atoms with Crippen molar-refractivity contribution in [3.05, 3.63) is 46.2 Å². The normalized spacial score (nSPS) is 14.8. The smallest absolute Gasteiger partial charge is 0.229 e. The van der Waals surface area contributed by atoms with Crippen LogP contribution < -0.4 is 5.32 Å². The number of hydrogen-bond acceptors (Lipinski definition) is 3. The van der Waals surface area contributed by atoms with Gasteiger partial charge in [0.1, 0.15) is 5.82 Å². The lowest BCUT2D eigenvalue weighted by atomic mass is 9.85. The second-order valence-corrected chi connectivity index (χ2v) is 6.62. The largest absolute Gasteiger partial charge is 0.302 e. The van der Waals surface area contributed by atoms with E-state index in [9.17, 15) is 9.18 Å². The maximum atomic E-state index is 13.5. The highest BCUT2D eigenvalue weighted by Crippen LogP contribution is 2.29. The van der Waals surface area contributed by atoms with Crippen LogP contribution in [-0.4, -0.2) is 10.9 Å². The van der Waals surface area contributed by atoms with E-state index in [0.717, 1.165) is 29.7 Å². The highest BCUT2D eigenvalue weighted by Gasteiger charge is 2.25. The van der Waals surface area contributed by atoms with Crippen molar-refractivity contribution in [1.29, 1.82) is 0 Å². The molecule has 1 aliphatic carbocycles. The molecule has 0 saturated heterocycles. The van der Waals surface area contributed by atoms with Gasteiger partial charge in [0.05, 0.1) is 0 Å². The Kier molecular flexibility index (Phi) is 4.01. The lowest BCUT2D eigenvalue weighted by molar-refractivity contribution is -0.122. The number of amides is 1. The molecule has 1 N–H and O–H groups in total. The lowest BCUT2D eigenvalue weighted by Crippen LogP contribution is -2.27. The van der Waals surface area contributed by atoms with Gasteiger partial charge in [-0.2, -0.15) is 0 Å². The van der Waals surface area contributed by atoms with Gasteiger partial charge in [-0.15, -0.1) is 11.3 Å². The quantitative estimate of drug-likeness (QED) is 0.930. The van der Waals surface area contributed by atoms with Gasteiger partial charge in [0.2, 0.25) is 5.91 Å². The van der Waals surface area contributed by atoms with Gasteiger partial charge in [-0.3, -0.25) is 4.79 Å². The molecule has 1 saturated carbocycles. The number of hydrogen-bond donors (Lipinski definition) is 1. The van der Waals surface area contributed by atoms with Gasteiger partial charge in [0.15, 0.2) is 5.13 Å². The molecule has 1 aliphatic rings. The third-order valence-electron chi connectivity index (χ3n) is 3.87. The van der Waals surface area contributed by atoms with Crippen molar-refractivity contribution in [2.24, 2.45) is 5.92 Å². The minimum atomic E-state index is -0.185. The van der Waals surface area contributed by atoms with Crippen LogP contribution in [0.1, 0.15) is 35.3 Å². The summed E-state index contributed by atoms with van der Waals surface area (Å²) in [5.41, 5.74) is 1.56. The van der Waals surface area contributed by atoms with E-state index in [0.29, 0.717) is 17.1 Å². The van der Waals surface area contributed by atoms with Crippen molar-refractivity contribution >= 4 is 22.4 Å². The molecular weight excluding hydrogens is 287 g/mol. The molecule has 0 bridgehead atoms. The maximum absolute atomic E-state index is 13.5. The zero-order chi connectivity index (χ0) is 14.8. The average molecular weight is 304 g/mol. The molecule has 1 fully saturated rings. The predicted molar refractivity (Wildman–Crippen MR) is 82.0 cm³/mol. The van der Waals surface area contributed by atoms with Crippen LogP contribution in [-0.2, 0) is 11.2 Å². The fraction of sp³-hybridized carbons (Fsp3) is 0.375. The summed E-state index contributed by atoms with van der Waals surface area (Å²) in [6.07, 6.45) is 5.48. The van der Waals surface area contributed by atoms with Gasteiger partial charge in [-0.25, -0.2) is 9.37 Å². The number of aryl methyl sites for hydroxylation is 1. The number of carbonyl (C=O) groups excluding carboxylic acids is 1. The zero-order valence-electron chi connectivity index (χ0n) is 11.9. The minimum absolute atomic E-state index is 0.0727. The summed E-state index contributed by atoms with van der Waals surface area (Å²) in [7, 11) is 0. The molecule has 110 valence electrons. The number of aromatic nitrogens is 1. The topological polar surface area (TPSA) is 42.0 Å². The number of nitrogens with one attached hydrogen (secondary N) is 1. The Morgan fingerprint density at radius 1 is 1.48 bits per heavy atom. The predicted octanol–water partition coefficient (Wildman–Crippen LogP) is 3.92. The Labute approximate surface area is 127 Å². The van der Waals surface area contributed by atoms with Gasteiger partial charge < -0.3 is 5.32 Å². The van der Waals surface area contributed by atoms with Gasteiger partial charge in [0.25, 0.3) is 0 Å². The molecule has 1 aromatic heterocycles. The first-order valence-electron chi connectivity index (χ1n) is 7.12. The highest BCUT2D eigenvalue weighted by molar-refractivity contribution is 7.15. The molecule has 0 spiro atoms. The second kappa shape index (κ2) is 5.93. The van der Waals surface area contributed by atoms with Crippen LogP contribution in [0.15, 0.2) is 24.4 Å². The van der Waals surface area contributed by atoms with Crippen molar-refractivity contribution in [3.8, 4) is 0 Å². The SMILES string of the molecule is Cc1ccc(Cc2cnc(NC(=O)C3CCC3)s2)cc1F. The Balaban J connectivity index is 1.64. The summed E-state index contributed by atoms with van der Waals surface area (Å²) in [4.78, 5) is 17.1. The molecule has 3 rings (SSSR count). The van der Waals surface area contributed by atoms with Crippen LogP contribution in [0.25, 0.3) is 0 Å². The fourth-order valence-electron chi connectivity index (χ4n) is 2.27. The zero-order valence-corrected chi connectivity index (χ0v) is 12.7. The van der Waals surface area contributed by atoms with Crippen LogP contribution in [0.3, 0.4) is 0 Å². The number of thiazole rings is 1. The summed E-state index contributed by atoms with van der Waals surface area (Å²) in [6, 6.07) is 5.26. The average Bonchev–Trinajstić information content (AvgIpc) is 2.79. The van der Waals surface area contributed by atoms with E-state index in [1.165, 1.54) is 11.3 Å². The monoisotopic (exact) mass is 304 g/mol. The van der Waals surface area contributed by atoms with Crippen LogP contribution in [0.2, 0.25) is 0 Å². The summed E-state index contributed by atoms with van der Waals surface area (Å²) < 4.78 is 13.5. The van der Waals surface area contributed by atoms with Crippen molar-refractivity contribution in [2.45, 2.75) is 32.6 Å². The third-order valence-corrected chi connectivity index (χ3v) is 4.79. The molecular formula is C16H17FN2OS. The molecule has 0 atom stereocenters. The first-order chi connectivity index (χ1) is 10.1. The molecule has 1 amide bonds. The standard InChI is InChI=1S/C16H17FN2OS/c1-10-5-6-11(8-14(10)17)7-13-9-18-16(21-13)19-15(20)12-3-2-4-12/h5-6,8-9,12H,2-4,7H2,1H3,(H,18,19,20). The van der Waals surface area contributed by atoms with E-state index in [1.54, 1.807) is 25.3 Å². The van der Waals surface area contributed by atoms with Crippen molar-refractivity contribution in [1.82, 2.24) is 4.98 Å². The van der Waals surface area contributed by atoms with Crippen LogP contribution in [0.5, 0.6) is 0 Å². The van der Waals surface area contributed by atoms with E-state index in [2.05, 4.69) is 10.3 Å². The first kappa shape index (κ1) is 14.2. The number of anilines is 1. The number of halogens is 1. The first-order valence-corrected chi connectivity index (χ1v) is 7.94. The molecule has 1 heterocycles. The summed E-state index contributed by atoms with van der Waals surface area (Å²) in [5.74, 6) is 0.0441. The molecule has 0 unspecified atom stereocenters. The maximum Gasteiger partial charge on any atom is 0.229 e. The Morgan fingerprint density at radius 2 is 2.29 bits per heavy atom. The third kappa shape index (κ3) is 3.29. The highest BCUT2D eigenvalue weighted by atomic mass is 32.1. The Morgan fingerprint density at radius 3 is 2.95 bits per heavy atom. The number of rotatable bonds is 4. The van der Waals surface area contributed by atoms with E-state index in [-0.39, 0.29) is 17.6 Å². The van der Waals surface area contributed by atoms with Gasteiger partial charge >= 0.3 is 0 Å². The van der Waals surface area contributed by atoms with Crippen molar-refractivity contribution in [2.75, 3.05) is 5.32 Å². The van der Waals surface area contributed by atoms with Crippen LogP contribution in [0.4, 0.5) is 9.52 Å². The second-order valence-electron chi connectivity index (χ2n) is 5.51. The van der Waals surface area contributed by atoms with E-state index in [1.807, 2.05) is 6.07 Å². The molecule has 0 radical (unpaired) electrons. The lowest BCUT2D eigenvalue weighted by Gasteiger charge is -2.23. The molecule has 3 nitrogen and oxygen atoms in total. The summed E-state index contributed by atoms with van der Waals surface area (Å²) in [6.45, 7) is 1.75. The van der Waals surface area contributed by atoms with E-state index >= 15 is 0 Å². The summed E-state index contributed by atoms with van der Waals surface area (Å²) in [5, 5.41) is 3.50. The fourth-order valence-corrected chi connectivity index (χ4v) is 3.12. The van der Waals surface area contributed by atoms with Crippen LogP contribution >= 0.6 is 11.3 Å². The number of benzene rings is 1. The van der Waals surface area contributed by atoms with Crippen molar-refractivity contribution in [3.63, 3.8) is 0 Å². The minimum Gasteiger partial charge on any atom is -0.302 e. The van der Waals surface area contributed by atoms with E-state index < -0.39 is 0 Å². The molecule has 0 aliphatic heterocycles. The molecule has 2 aromatic rings. The number of carbonyl (C=O) groups is 1. The van der Waals surface area contributed by atoms with Crippen LogP contribution in [0, 0.1) is 18.7 Å². The van der Waals surface area contributed by atoms with Gasteiger partial charge in [-0.05, 0) is 37.0 Å². The molecule has 5 heteroatoms. The van der Waals surface area contributed by atoms with E-state index in [4.69, 9.17) is 0 Å². The summed E-state index contributed by atoms with van der Waals surface area (Å²) >= 11 is 1.45. The number of nitrogens with zero attached hydrogens (tertiary/aromatic N) is 1. The Hall–Kier alpha value is -1.75. The van der Waals surface area contributed by atoms with Gasteiger partial charge in [-0.1, -0.05) is 18.6 Å².